The van der Waals surface area contributed by atoms with E-state index >= 15 is 0 Å². The summed E-state index contributed by atoms with van der Waals surface area (Å²) in [5.74, 6) is 4.19. The average molecular weight is 752 g/mol. The number of rotatable bonds is 8. The van der Waals surface area contributed by atoms with Crippen molar-refractivity contribution in [3.63, 3.8) is 0 Å². The Kier molecular flexibility index (Phi) is 10.6. The molecule has 258 valence electrons. The van der Waals surface area contributed by atoms with Crippen molar-refractivity contribution in [3.8, 4) is 28.1 Å². The highest BCUT2D eigenvalue weighted by Gasteiger charge is 2.34. The van der Waals surface area contributed by atoms with E-state index in [0.717, 1.165) is 30.4 Å². The van der Waals surface area contributed by atoms with Crippen LogP contribution in [0.15, 0.2) is 65.1 Å². The van der Waals surface area contributed by atoms with Gasteiger partial charge in [-0.3, -0.25) is 25.1 Å². The van der Waals surface area contributed by atoms with Crippen LogP contribution in [0.4, 0.5) is 0 Å². The van der Waals surface area contributed by atoms with Crippen LogP contribution in [-0.2, 0) is 26.2 Å². The minimum Gasteiger partial charge on any atom is -0.291 e. The Morgan fingerprint density at radius 1 is 1.00 bits per heavy atom. The molecule has 0 saturated carbocycles. The first kappa shape index (κ1) is 35.5. The summed E-state index contributed by atoms with van der Waals surface area (Å²) in [5, 5.41) is 9.24. The van der Waals surface area contributed by atoms with Gasteiger partial charge < -0.3 is 0 Å². The van der Waals surface area contributed by atoms with E-state index in [1.54, 1.807) is 18.2 Å². The summed E-state index contributed by atoms with van der Waals surface area (Å²) in [4.78, 5) is 39.3. The third kappa shape index (κ3) is 7.86. The van der Waals surface area contributed by atoms with Gasteiger partial charge in [0.05, 0.1) is 26.2 Å². The number of imide groups is 1. The van der Waals surface area contributed by atoms with E-state index in [-0.39, 0.29) is 28.3 Å². The number of carbonyl (C=O) groups is 3. The van der Waals surface area contributed by atoms with E-state index in [1.807, 2.05) is 48.3 Å². The second kappa shape index (κ2) is 14.9. The first-order valence-corrected chi connectivity index (χ1v) is 18.8. The van der Waals surface area contributed by atoms with Crippen LogP contribution in [0, 0.1) is 18.8 Å². The normalized spacial score (nSPS) is 15.4. The largest absolute Gasteiger partial charge is 0.291 e. The summed E-state index contributed by atoms with van der Waals surface area (Å²) in [6.45, 7) is 4.30. The Bertz CT molecular complexity index is 2210. The number of nitrogens with zero attached hydrogens (tertiary/aromatic N) is 3. The van der Waals surface area contributed by atoms with Crippen molar-refractivity contribution in [2.45, 2.75) is 46.1 Å². The van der Waals surface area contributed by atoms with Crippen molar-refractivity contribution < 1.29 is 22.8 Å². The van der Waals surface area contributed by atoms with Gasteiger partial charge in [0, 0.05) is 42.2 Å². The Hall–Kier alpha value is -4.29. The molecule has 1 fully saturated rings. The van der Waals surface area contributed by atoms with Crippen molar-refractivity contribution in [3.05, 3.63) is 102 Å². The van der Waals surface area contributed by atoms with E-state index < -0.39 is 39.2 Å². The molecular weight excluding hydrogens is 719 g/mol. The lowest BCUT2D eigenvalue weighted by Crippen LogP contribution is -2.45. The molecule has 2 aliphatic rings. The van der Waals surface area contributed by atoms with Crippen molar-refractivity contribution in [2.75, 3.05) is 13.1 Å². The SMILES string of the molecule is CC1=C(S(=O)(=O)NCc2c(C(=O)NN3CCCCC3)nn(-c3ccc(Cl)cc3Cl)c2-c2ccc(C#Cc3ccc(C)cc3)s2)C(=O)NC(=O)C1. The number of hydrogen-bond donors (Lipinski definition) is 3. The first-order valence-electron chi connectivity index (χ1n) is 15.8. The molecule has 11 nitrogen and oxygen atoms in total. The van der Waals surface area contributed by atoms with Gasteiger partial charge in [0.2, 0.25) is 15.9 Å². The van der Waals surface area contributed by atoms with E-state index in [4.69, 9.17) is 28.3 Å². The van der Waals surface area contributed by atoms with Crippen molar-refractivity contribution >= 4 is 62.3 Å². The lowest BCUT2D eigenvalue weighted by molar-refractivity contribution is -0.128. The topological polar surface area (TPSA) is 142 Å². The summed E-state index contributed by atoms with van der Waals surface area (Å²) >= 11 is 14.2. The monoisotopic (exact) mass is 750 g/mol. The molecule has 0 atom stereocenters. The highest BCUT2D eigenvalue weighted by molar-refractivity contribution is 7.94. The zero-order valence-electron chi connectivity index (χ0n) is 27.1. The number of halogens is 2. The predicted octanol–water partition coefficient (Wildman–Crippen LogP) is 5.49. The smallest absolute Gasteiger partial charge is 0.286 e. The second-order valence-corrected chi connectivity index (χ2v) is 15.6. The molecule has 3 N–H and O–H groups in total. The zero-order valence-corrected chi connectivity index (χ0v) is 30.2. The number of amides is 3. The van der Waals surface area contributed by atoms with E-state index in [0.29, 0.717) is 39.2 Å². The van der Waals surface area contributed by atoms with Crippen LogP contribution >= 0.6 is 34.5 Å². The number of piperidine rings is 1. The van der Waals surface area contributed by atoms with Crippen LogP contribution in [0.25, 0.3) is 16.3 Å². The summed E-state index contributed by atoms with van der Waals surface area (Å²) < 4.78 is 31.2. The van der Waals surface area contributed by atoms with Crippen LogP contribution in [0.3, 0.4) is 0 Å². The molecule has 2 aromatic heterocycles. The number of thiophene rings is 1. The molecule has 4 heterocycles. The highest BCUT2D eigenvalue weighted by Crippen LogP contribution is 2.37. The van der Waals surface area contributed by atoms with Gasteiger partial charge in [-0.05, 0) is 74.7 Å². The molecule has 0 spiro atoms. The van der Waals surface area contributed by atoms with Crippen molar-refractivity contribution in [1.82, 2.24) is 30.3 Å². The Morgan fingerprint density at radius 2 is 1.74 bits per heavy atom. The molecule has 2 aromatic carbocycles. The standard InChI is InChI=1S/C35H32Cl2N6O5S2/c1-21-6-8-23(9-7-21)10-12-25-13-15-29(49-25)32-26(20-38-50(47,48)33-22(2)18-30(44)39-35(33)46)31(34(45)41-42-16-4-3-5-17-42)40-43(32)28-14-11-24(36)19-27(28)37/h6-9,11,13-15,19,38H,3-5,16-18,20H2,1-2H3,(H,41,45)(H,39,44,46). The predicted molar refractivity (Wildman–Crippen MR) is 193 cm³/mol. The van der Waals surface area contributed by atoms with E-state index in [1.165, 1.54) is 22.9 Å². The maximum Gasteiger partial charge on any atom is 0.286 e. The van der Waals surface area contributed by atoms with Gasteiger partial charge in [-0.15, -0.1) is 11.3 Å². The molecule has 0 radical (unpaired) electrons. The summed E-state index contributed by atoms with van der Waals surface area (Å²) in [5.41, 5.74) is 5.97. The lowest BCUT2D eigenvalue weighted by Gasteiger charge is -2.26. The number of aromatic nitrogens is 2. The fourth-order valence-electron chi connectivity index (χ4n) is 5.72. The van der Waals surface area contributed by atoms with E-state index in [9.17, 15) is 22.8 Å². The minimum absolute atomic E-state index is 0.0473. The Morgan fingerprint density at radius 3 is 2.44 bits per heavy atom. The molecular formula is C35H32Cl2N6O5S2. The van der Waals surface area contributed by atoms with Crippen LogP contribution in [-0.4, -0.2) is 54.0 Å². The van der Waals surface area contributed by atoms with Crippen LogP contribution < -0.4 is 15.5 Å². The summed E-state index contributed by atoms with van der Waals surface area (Å²) in [7, 11) is -4.45. The second-order valence-electron chi connectivity index (χ2n) is 11.9. The molecule has 2 aliphatic heterocycles. The van der Waals surface area contributed by atoms with Gasteiger partial charge in [-0.2, -0.15) is 5.10 Å². The molecule has 4 aromatic rings. The van der Waals surface area contributed by atoms with Gasteiger partial charge in [-0.25, -0.2) is 22.8 Å². The van der Waals surface area contributed by atoms with Gasteiger partial charge in [-0.1, -0.05) is 59.2 Å². The summed E-state index contributed by atoms with van der Waals surface area (Å²) in [6.07, 6.45) is 2.63. The van der Waals surface area contributed by atoms with Crippen molar-refractivity contribution in [2.24, 2.45) is 0 Å². The molecule has 15 heteroatoms. The van der Waals surface area contributed by atoms with Crippen LogP contribution in [0.1, 0.15) is 64.7 Å². The number of benzene rings is 2. The fourth-order valence-corrected chi connectivity index (χ4v) is 8.43. The Labute approximate surface area is 303 Å². The number of hydrogen-bond acceptors (Lipinski definition) is 8. The highest BCUT2D eigenvalue weighted by atomic mass is 35.5. The van der Waals surface area contributed by atoms with Gasteiger partial charge in [0.25, 0.3) is 11.8 Å². The molecule has 50 heavy (non-hydrogen) atoms. The zero-order chi connectivity index (χ0) is 35.6. The number of aryl methyl sites for hydroxylation is 1. The molecule has 0 aliphatic carbocycles. The van der Waals surface area contributed by atoms with Crippen LogP contribution in [0.2, 0.25) is 10.0 Å². The quantitative estimate of drug-likeness (QED) is 0.160. The molecule has 0 bridgehead atoms. The third-order valence-corrected chi connectivity index (χ3v) is 11.3. The average Bonchev–Trinajstić information content (AvgIpc) is 3.68. The summed E-state index contributed by atoms with van der Waals surface area (Å²) in [6, 6.07) is 16.3. The number of hydrazine groups is 1. The Balaban J connectivity index is 1.48. The number of nitrogens with one attached hydrogen (secondary N) is 3. The molecule has 6 rings (SSSR count). The maximum absolute atomic E-state index is 14.0. The van der Waals surface area contributed by atoms with Gasteiger partial charge in [0.15, 0.2) is 5.69 Å². The minimum atomic E-state index is -4.45. The first-order chi connectivity index (χ1) is 23.9. The maximum atomic E-state index is 14.0. The molecule has 0 unspecified atom stereocenters. The van der Waals surface area contributed by atoms with E-state index in [2.05, 4.69) is 27.3 Å². The molecule has 1 saturated heterocycles. The van der Waals surface area contributed by atoms with Gasteiger partial charge in [0.1, 0.15) is 4.91 Å². The molecule has 3 amide bonds. The van der Waals surface area contributed by atoms with Crippen LogP contribution in [0.5, 0.6) is 0 Å². The van der Waals surface area contributed by atoms with Gasteiger partial charge >= 0.3 is 0 Å². The third-order valence-electron chi connectivity index (χ3n) is 8.15. The number of sulfonamides is 1. The fraction of sp³-hybridized carbons (Fsp3) is 0.257. The number of carbonyl (C=O) groups excluding carboxylic acids is 3. The lowest BCUT2D eigenvalue weighted by atomic mass is 10.1. The van der Waals surface area contributed by atoms with Crippen molar-refractivity contribution in [1.29, 1.82) is 0 Å².